The third kappa shape index (κ3) is 4.76. The van der Waals surface area contributed by atoms with Crippen molar-refractivity contribution < 1.29 is 4.79 Å². The van der Waals surface area contributed by atoms with Crippen LogP contribution in [0.4, 0.5) is 22.9 Å². The van der Waals surface area contributed by atoms with E-state index in [0.29, 0.717) is 22.6 Å². The molecule has 1 aromatic heterocycles. The maximum Gasteiger partial charge on any atom is 0.255 e. The molecule has 152 valence electrons. The van der Waals surface area contributed by atoms with E-state index in [0.717, 1.165) is 30.0 Å². The highest BCUT2D eigenvalue weighted by atomic mass is 16.1. The molecule has 0 unspecified atom stereocenters. The lowest BCUT2D eigenvalue weighted by atomic mass is 10.1. The number of carbonyl (C=O) groups excluding carboxylic acids is 1. The van der Waals surface area contributed by atoms with Gasteiger partial charge in [0.1, 0.15) is 11.9 Å². The van der Waals surface area contributed by atoms with E-state index in [4.69, 9.17) is 0 Å². The molecule has 1 amide bonds. The molecular formula is C24H25N5O. The molecule has 0 radical (unpaired) electrons. The van der Waals surface area contributed by atoms with E-state index in [1.165, 1.54) is 0 Å². The van der Waals surface area contributed by atoms with E-state index >= 15 is 0 Å². The van der Waals surface area contributed by atoms with E-state index in [2.05, 4.69) is 46.5 Å². The molecule has 0 saturated carbocycles. The summed E-state index contributed by atoms with van der Waals surface area (Å²) in [6.07, 6.45) is 1.57. The Labute approximate surface area is 177 Å². The average molecular weight is 399 g/mol. The number of para-hydroxylation sites is 1. The number of hydrogen-bond acceptors (Lipinski definition) is 5. The first-order chi connectivity index (χ1) is 14.5. The molecule has 2 N–H and O–H groups in total. The molecule has 0 atom stereocenters. The Balaban J connectivity index is 1.77. The summed E-state index contributed by atoms with van der Waals surface area (Å²) in [5, 5.41) is 15.3. The van der Waals surface area contributed by atoms with Gasteiger partial charge in [0.05, 0.1) is 11.3 Å². The standard InChI is InChI=1S/C24H25N5O/c1-4-29(5-2)20-10-11-21(17(3)14-20)28-24(30)18-12-13-26-23(15-18)27-22-9-7-6-8-19(22)16-25/h6-15H,4-5H2,1-3H3,(H,26,27)(H,28,30). The van der Waals surface area contributed by atoms with Crippen molar-refractivity contribution in [1.82, 2.24) is 4.98 Å². The first-order valence-corrected chi connectivity index (χ1v) is 9.94. The summed E-state index contributed by atoms with van der Waals surface area (Å²) in [6, 6.07) is 18.7. The fourth-order valence-electron chi connectivity index (χ4n) is 3.24. The number of anilines is 4. The van der Waals surface area contributed by atoms with E-state index in [-0.39, 0.29) is 5.91 Å². The van der Waals surface area contributed by atoms with Crippen LogP contribution in [-0.2, 0) is 0 Å². The molecule has 1 heterocycles. The number of aromatic nitrogens is 1. The Morgan fingerprint density at radius 1 is 1.07 bits per heavy atom. The van der Waals surface area contributed by atoms with E-state index in [1.807, 2.05) is 25.1 Å². The van der Waals surface area contributed by atoms with Crippen LogP contribution < -0.4 is 15.5 Å². The molecular weight excluding hydrogens is 374 g/mol. The smallest absolute Gasteiger partial charge is 0.255 e. The van der Waals surface area contributed by atoms with Crippen molar-refractivity contribution >= 4 is 28.8 Å². The second kappa shape index (κ2) is 9.57. The largest absolute Gasteiger partial charge is 0.372 e. The van der Waals surface area contributed by atoms with Gasteiger partial charge in [-0.1, -0.05) is 12.1 Å². The topological polar surface area (TPSA) is 81.1 Å². The number of nitriles is 1. The van der Waals surface area contributed by atoms with Crippen molar-refractivity contribution in [1.29, 1.82) is 5.26 Å². The highest BCUT2D eigenvalue weighted by Gasteiger charge is 2.11. The summed E-state index contributed by atoms with van der Waals surface area (Å²) in [4.78, 5) is 19.3. The van der Waals surface area contributed by atoms with Crippen molar-refractivity contribution in [3.63, 3.8) is 0 Å². The number of pyridine rings is 1. The highest BCUT2D eigenvalue weighted by Crippen LogP contribution is 2.24. The number of hydrogen-bond donors (Lipinski definition) is 2. The molecule has 0 saturated heterocycles. The molecule has 3 rings (SSSR count). The lowest BCUT2D eigenvalue weighted by Crippen LogP contribution is -2.22. The minimum atomic E-state index is -0.215. The highest BCUT2D eigenvalue weighted by molar-refractivity contribution is 6.05. The molecule has 6 nitrogen and oxygen atoms in total. The van der Waals surface area contributed by atoms with Gasteiger partial charge < -0.3 is 15.5 Å². The fourth-order valence-corrected chi connectivity index (χ4v) is 3.24. The predicted octanol–water partition coefficient (Wildman–Crippen LogP) is 5.10. The Morgan fingerprint density at radius 2 is 1.83 bits per heavy atom. The normalized spacial score (nSPS) is 10.2. The summed E-state index contributed by atoms with van der Waals surface area (Å²) in [5.74, 6) is 0.284. The minimum absolute atomic E-state index is 0.215. The number of nitrogens with one attached hydrogen (secondary N) is 2. The van der Waals surface area contributed by atoms with Gasteiger partial charge in [-0.15, -0.1) is 0 Å². The molecule has 0 fully saturated rings. The molecule has 0 aliphatic heterocycles. The molecule has 30 heavy (non-hydrogen) atoms. The van der Waals surface area contributed by atoms with Crippen molar-refractivity contribution in [3.8, 4) is 6.07 Å². The Hall–Kier alpha value is -3.85. The molecule has 0 aliphatic rings. The van der Waals surface area contributed by atoms with E-state index < -0.39 is 0 Å². The number of amides is 1. The van der Waals surface area contributed by atoms with Gasteiger partial charge in [0.2, 0.25) is 0 Å². The quantitative estimate of drug-likeness (QED) is 0.577. The summed E-state index contributed by atoms with van der Waals surface area (Å²) in [5.41, 5.74) is 4.56. The van der Waals surface area contributed by atoms with Crippen LogP contribution in [0.15, 0.2) is 60.8 Å². The first-order valence-electron chi connectivity index (χ1n) is 9.94. The Kier molecular flexibility index (Phi) is 6.66. The number of benzene rings is 2. The average Bonchev–Trinajstić information content (AvgIpc) is 2.77. The van der Waals surface area contributed by atoms with Crippen LogP contribution in [0.3, 0.4) is 0 Å². The van der Waals surface area contributed by atoms with Crippen molar-refractivity contribution in [2.24, 2.45) is 0 Å². The SMILES string of the molecule is CCN(CC)c1ccc(NC(=O)c2ccnc(Nc3ccccc3C#N)c2)c(C)c1. The third-order valence-corrected chi connectivity index (χ3v) is 4.92. The second-order valence-corrected chi connectivity index (χ2v) is 6.84. The van der Waals surface area contributed by atoms with E-state index in [9.17, 15) is 10.1 Å². The lowest BCUT2D eigenvalue weighted by Gasteiger charge is -2.22. The maximum absolute atomic E-state index is 12.8. The first kappa shape index (κ1) is 20.9. The molecule has 3 aromatic rings. The van der Waals surface area contributed by atoms with Crippen molar-refractivity contribution in [3.05, 3.63) is 77.5 Å². The van der Waals surface area contributed by atoms with Gasteiger partial charge in [-0.3, -0.25) is 4.79 Å². The van der Waals surface area contributed by atoms with Gasteiger partial charge in [0, 0.05) is 36.2 Å². The number of carbonyl (C=O) groups is 1. The molecule has 2 aromatic carbocycles. The van der Waals surface area contributed by atoms with Crippen LogP contribution in [0.25, 0.3) is 0 Å². The van der Waals surface area contributed by atoms with Crippen LogP contribution in [0.1, 0.15) is 35.3 Å². The maximum atomic E-state index is 12.8. The van der Waals surface area contributed by atoms with E-state index in [1.54, 1.807) is 36.5 Å². The number of nitrogens with zero attached hydrogens (tertiary/aromatic N) is 3. The zero-order valence-corrected chi connectivity index (χ0v) is 17.4. The Bertz CT molecular complexity index is 1080. The zero-order valence-electron chi connectivity index (χ0n) is 17.4. The van der Waals surface area contributed by atoms with Crippen LogP contribution >= 0.6 is 0 Å². The molecule has 0 aliphatic carbocycles. The fraction of sp³-hybridized carbons (Fsp3) is 0.208. The summed E-state index contributed by atoms with van der Waals surface area (Å²) in [6.45, 7) is 8.10. The van der Waals surface area contributed by atoms with Gasteiger partial charge in [-0.2, -0.15) is 5.26 Å². The second-order valence-electron chi connectivity index (χ2n) is 6.84. The lowest BCUT2D eigenvalue weighted by molar-refractivity contribution is 0.102. The van der Waals surface area contributed by atoms with Crippen LogP contribution in [0.2, 0.25) is 0 Å². The zero-order chi connectivity index (χ0) is 21.5. The van der Waals surface area contributed by atoms with Crippen LogP contribution in [-0.4, -0.2) is 24.0 Å². The van der Waals surface area contributed by atoms with Gasteiger partial charge in [0.25, 0.3) is 5.91 Å². The minimum Gasteiger partial charge on any atom is -0.372 e. The van der Waals surface area contributed by atoms with Gasteiger partial charge in [-0.25, -0.2) is 4.98 Å². The third-order valence-electron chi connectivity index (χ3n) is 4.92. The monoisotopic (exact) mass is 399 g/mol. The number of rotatable bonds is 7. The molecule has 6 heteroatoms. The molecule has 0 bridgehead atoms. The van der Waals surface area contributed by atoms with Crippen LogP contribution in [0, 0.1) is 18.3 Å². The van der Waals surface area contributed by atoms with Crippen molar-refractivity contribution in [2.45, 2.75) is 20.8 Å². The summed E-state index contributed by atoms with van der Waals surface area (Å²) < 4.78 is 0. The van der Waals surface area contributed by atoms with Crippen LogP contribution in [0.5, 0.6) is 0 Å². The van der Waals surface area contributed by atoms with Gasteiger partial charge in [0.15, 0.2) is 0 Å². The number of aryl methyl sites for hydroxylation is 1. The van der Waals surface area contributed by atoms with Gasteiger partial charge >= 0.3 is 0 Å². The van der Waals surface area contributed by atoms with Crippen molar-refractivity contribution in [2.75, 3.05) is 28.6 Å². The summed E-state index contributed by atoms with van der Waals surface area (Å²) >= 11 is 0. The Morgan fingerprint density at radius 3 is 2.53 bits per heavy atom. The molecule has 0 spiro atoms. The summed E-state index contributed by atoms with van der Waals surface area (Å²) in [7, 11) is 0. The van der Waals surface area contributed by atoms with Gasteiger partial charge in [-0.05, 0) is 68.8 Å². The predicted molar refractivity (Wildman–Crippen MR) is 121 cm³/mol.